The van der Waals surface area contributed by atoms with Crippen molar-refractivity contribution >= 4 is 40.5 Å². The third-order valence-electron chi connectivity index (χ3n) is 8.93. The van der Waals surface area contributed by atoms with Crippen molar-refractivity contribution in [1.29, 1.82) is 0 Å². The van der Waals surface area contributed by atoms with Crippen LogP contribution in [0.4, 0.5) is 23.5 Å². The lowest BCUT2D eigenvalue weighted by Crippen LogP contribution is -2.60. The SMILES string of the molecule is O=C(O)[C@H]1O[C@@H](OCCN(CCO)c2nc(N3CCCCC3)c3nc(N(CCO)CCO)nc(N4CCCCC4)c3n2)[C@H](O)[C@@H](O)[C@@H]1O. The van der Waals surface area contributed by atoms with Gasteiger partial charge in [-0.15, -0.1) is 0 Å². The third kappa shape index (κ3) is 8.14. The highest BCUT2D eigenvalue weighted by atomic mass is 16.7. The van der Waals surface area contributed by atoms with E-state index in [-0.39, 0.29) is 58.6 Å². The fraction of sp³-hybridized carbons (Fsp3) is 0.767. The van der Waals surface area contributed by atoms with Crippen LogP contribution in [0.15, 0.2) is 0 Å². The molecule has 0 saturated carbocycles. The van der Waals surface area contributed by atoms with Gasteiger partial charge in [-0.05, 0) is 38.5 Å². The summed E-state index contributed by atoms with van der Waals surface area (Å²) in [7, 11) is 0. The third-order valence-corrected chi connectivity index (χ3v) is 8.93. The molecule has 18 heteroatoms. The summed E-state index contributed by atoms with van der Waals surface area (Å²) in [4.78, 5) is 39.1. The molecule has 3 aliphatic heterocycles. The topological polar surface area (TPSA) is 242 Å². The predicted octanol–water partition coefficient (Wildman–Crippen LogP) is -2.10. The number of aliphatic carboxylic acids is 1. The highest BCUT2D eigenvalue weighted by molar-refractivity contribution is 5.95. The van der Waals surface area contributed by atoms with E-state index in [0.29, 0.717) is 28.6 Å². The molecule has 0 bridgehead atoms. The number of aliphatic hydroxyl groups is 6. The monoisotopic (exact) mass is 680 g/mol. The number of aromatic nitrogens is 4. The Morgan fingerprint density at radius 1 is 0.688 bits per heavy atom. The Kier molecular flexibility index (Phi) is 12.7. The minimum absolute atomic E-state index is 0.0905. The summed E-state index contributed by atoms with van der Waals surface area (Å²) in [6, 6.07) is 0. The molecule has 3 saturated heterocycles. The number of carboxylic acids is 1. The maximum Gasteiger partial charge on any atom is 0.335 e. The first-order valence-corrected chi connectivity index (χ1v) is 16.7. The van der Waals surface area contributed by atoms with Crippen molar-refractivity contribution in [3.63, 3.8) is 0 Å². The number of ether oxygens (including phenoxy) is 2. The molecule has 5 atom stereocenters. The Balaban J connectivity index is 1.52. The summed E-state index contributed by atoms with van der Waals surface area (Å²) >= 11 is 0. The van der Waals surface area contributed by atoms with Gasteiger partial charge in [-0.25, -0.2) is 14.8 Å². The summed E-state index contributed by atoms with van der Waals surface area (Å²) in [6.45, 7) is 3.02. The molecule has 0 amide bonds. The molecular weight excluding hydrogens is 632 g/mol. The van der Waals surface area contributed by atoms with E-state index in [1.165, 1.54) is 0 Å². The van der Waals surface area contributed by atoms with Crippen LogP contribution in [0.5, 0.6) is 0 Å². The van der Waals surface area contributed by atoms with Crippen LogP contribution in [-0.2, 0) is 14.3 Å². The second kappa shape index (κ2) is 16.9. The molecule has 5 heterocycles. The molecule has 5 rings (SSSR count). The maximum absolute atomic E-state index is 11.5. The minimum Gasteiger partial charge on any atom is -0.479 e. The van der Waals surface area contributed by atoms with Gasteiger partial charge in [0, 0.05) is 52.4 Å². The van der Waals surface area contributed by atoms with E-state index in [4.69, 9.17) is 29.4 Å². The smallest absolute Gasteiger partial charge is 0.335 e. The van der Waals surface area contributed by atoms with Gasteiger partial charge in [-0.2, -0.15) is 9.97 Å². The van der Waals surface area contributed by atoms with Crippen molar-refractivity contribution in [2.24, 2.45) is 0 Å². The van der Waals surface area contributed by atoms with Gasteiger partial charge in [0.25, 0.3) is 0 Å². The highest BCUT2D eigenvalue weighted by Gasteiger charge is 2.47. The number of hydrogen-bond donors (Lipinski definition) is 7. The van der Waals surface area contributed by atoms with Crippen molar-refractivity contribution in [1.82, 2.24) is 19.9 Å². The summed E-state index contributed by atoms with van der Waals surface area (Å²) in [5.74, 6) is 0.343. The second-order valence-corrected chi connectivity index (χ2v) is 12.2. The number of aliphatic hydroxyl groups excluding tert-OH is 6. The standard InChI is InChI=1S/C30H48N8O10/c39-15-11-37(12-16-40)29-31-19-20(25(33-29)35-7-3-1-4-8-35)32-30(34-26(19)36-9-5-2-6-10-36)38(13-17-41)14-18-47-28-23(44)21(42)22(43)24(48-28)27(45)46/h21-24,28,39-44H,1-18H2,(H,45,46)/t21-,22-,23+,24-,28+/m0/s1. The Labute approximate surface area is 278 Å². The van der Waals surface area contributed by atoms with E-state index in [1.54, 1.807) is 9.80 Å². The van der Waals surface area contributed by atoms with Crippen molar-refractivity contribution in [2.75, 3.05) is 98.4 Å². The Hall–Kier alpha value is -3.23. The quantitative estimate of drug-likeness (QED) is 0.107. The summed E-state index contributed by atoms with van der Waals surface area (Å²) in [5, 5.41) is 69.5. The van der Waals surface area contributed by atoms with Gasteiger partial charge in [0.2, 0.25) is 11.9 Å². The first-order valence-electron chi connectivity index (χ1n) is 16.7. The lowest BCUT2D eigenvalue weighted by atomic mass is 9.99. The van der Waals surface area contributed by atoms with Crippen molar-refractivity contribution in [3.8, 4) is 0 Å². The fourth-order valence-corrected chi connectivity index (χ4v) is 6.35. The van der Waals surface area contributed by atoms with Gasteiger partial charge in [-0.1, -0.05) is 0 Å². The van der Waals surface area contributed by atoms with E-state index in [0.717, 1.165) is 64.7 Å². The largest absolute Gasteiger partial charge is 0.479 e. The van der Waals surface area contributed by atoms with Crippen LogP contribution >= 0.6 is 0 Å². The van der Waals surface area contributed by atoms with Crippen LogP contribution in [-0.4, -0.2) is 171 Å². The van der Waals surface area contributed by atoms with E-state index < -0.39 is 36.7 Å². The molecule has 2 aromatic heterocycles. The van der Waals surface area contributed by atoms with E-state index in [1.807, 2.05) is 0 Å². The van der Waals surface area contributed by atoms with Gasteiger partial charge in [0.05, 0.1) is 26.4 Å². The zero-order valence-electron chi connectivity index (χ0n) is 27.0. The molecule has 3 fully saturated rings. The van der Waals surface area contributed by atoms with Crippen LogP contribution in [0.1, 0.15) is 38.5 Å². The number of carboxylic acid groups (broad SMARTS) is 1. The lowest BCUT2D eigenvalue weighted by molar-refractivity contribution is -0.293. The second-order valence-electron chi connectivity index (χ2n) is 12.2. The van der Waals surface area contributed by atoms with Crippen molar-refractivity contribution in [3.05, 3.63) is 0 Å². The van der Waals surface area contributed by atoms with Gasteiger partial charge in [-0.3, -0.25) is 0 Å². The zero-order chi connectivity index (χ0) is 34.2. The van der Waals surface area contributed by atoms with E-state index in [2.05, 4.69) is 9.80 Å². The number of anilines is 4. The molecule has 268 valence electrons. The molecule has 0 aromatic carbocycles. The van der Waals surface area contributed by atoms with Gasteiger partial charge >= 0.3 is 5.97 Å². The van der Waals surface area contributed by atoms with E-state index in [9.17, 15) is 40.5 Å². The van der Waals surface area contributed by atoms with E-state index >= 15 is 0 Å². The molecule has 0 radical (unpaired) electrons. The van der Waals surface area contributed by atoms with Gasteiger partial charge < -0.3 is 64.8 Å². The fourth-order valence-electron chi connectivity index (χ4n) is 6.35. The maximum atomic E-state index is 11.5. The number of fused-ring (bicyclic) bond motifs is 1. The van der Waals surface area contributed by atoms with Crippen LogP contribution < -0.4 is 19.6 Å². The van der Waals surface area contributed by atoms with Crippen LogP contribution in [0, 0.1) is 0 Å². The number of hydrogen-bond acceptors (Lipinski definition) is 17. The Bertz CT molecular complexity index is 1340. The molecule has 0 aliphatic carbocycles. The lowest BCUT2D eigenvalue weighted by Gasteiger charge is -2.38. The Morgan fingerprint density at radius 2 is 1.15 bits per heavy atom. The molecule has 18 nitrogen and oxygen atoms in total. The number of piperidine rings is 2. The summed E-state index contributed by atoms with van der Waals surface area (Å²) < 4.78 is 10.9. The average Bonchev–Trinajstić information content (AvgIpc) is 3.10. The molecule has 0 unspecified atom stereocenters. The van der Waals surface area contributed by atoms with Crippen LogP contribution in [0.25, 0.3) is 11.0 Å². The van der Waals surface area contributed by atoms with Crippen LogP contribution in [0.2, 0.25) is 0 Å². The minimum atomic E-state index is -1.83. The van der Waals surface area contributed by atoms with Crippen LogP contribution in [0.3, 0.4) is 0 Å². The molecule has 0 spiro atoms. The Morgan fingerprint density at radius 3 is 1.58 bits per heavy atom. The van der Waals surface area contributed by atoms with Crippen molar-refractivity contribution < 1.29 is 50.0 Å². The summed E-state index contributed by atoms with van der Waals surface area (Å²) in [5.41, 5.74) is 1.06. The van der Waals surface area contributed by atoms with Gasteiger partial charge in [0.1, 0.15) is 29.3 Å². The number of carbonyl (C=O) groups is 1. The molecule has 48 heavy (non-hydrogen) atoms. The number of rotatable bonds is 15. The molecule has 3 aliphatic rings. The van der Waals surface area contributed by atoms with Crippen molar-refractivity contribution in [2.45, 2.75) is 69.2 Å². The molecule has 2 aromatic rings. The average molecular weight is 681 g/mol. The normalized spacial score (nSPS) is 25.0. The number of nitrogens with zero attached hydrogens (tertiary/aromatic N) is 8. The summed E-state index contributed by atoms with van der Waals surface area (Å²) in [6.07, 6.45) is -2.57. The molecular formula is C30H48N8O10. The first-order chi connectivity index (χ1) is 23.3. The highest BCUT2D eigenvalue weighted by Crippen LogP contribution is 2.35. The molecule has 7 N–H and O–H groups in total. The zero-order valence-corrected chi connectivity index (χ0v) is 27.0. The van der Waals surface area contributed by atoms with Gasteiger partial charge in [0.15, 0.2) is 24.0 Å². The predicted molar refractivity (Wildman–Crippen MR) is 173 cm³/mol. The first kappa shape index (κ1) is 36.1.